The van der Waals surface area contributed by atoms with E-state index in [1.54, 1.807) is 0 Å². The summed E-state index contributed by atoms with van der Waals surface area (Å²) < 4.78 is 2.06. The second-order valence-electron chi connectivity index (χ2n) is 6.76. The lowest BCUT2D eigenvalue weighted by atomic mass is 9.99. The molecule has 0 spiro atoms. The van der Waals surface area contributed by atoms with Gasteiger partial charge < -0.3 is 14.6 Å². The van der Waals surface area contributed by atoms with E-state index in [1.807, 2.05) is 31.4 Å². The number of hydrogen-bond donors (Lipinski definition) is 1. The molecule has 0 saturated carbocycles. The topological polar surface area (TPSA) is 44.9 Å². The molecule has 5 nitrogen and oxygen atoms in total. The minimum absolute atomic E-state index is 0. The minimum Gasteiger partial charge on any atom is -0.356 e. The molecule has 1 N–H and O–H groups in total. The average molecular weight is 475 g/mol. The quantitative estimate of drug-likeness (QED) is 0.357. The monoisotopic (exact) mass is 475 g/mol. The molecule has 1 aromatic carbocycles. The number of nitrogens with zero attached hydrogens (tertiary/aromatic N) is 4. The van der Waals surface area contributed by atoms with Gasteiger partial charge in [-0.15, -0.1) is 24.0 Å². The van der Waals surface area contributed by atoms with Gasteiger partial charge in [0.05, 0.1) is 5.69 Å². The molecule has 1 saturated heterocycles. The Kier molecular flexibility index (Phi) is 6.71. The largest absolute Gasteiger partial charge is 0.356 e. The summed E-state index contributed by atoms with van der Waals surface area (Å²) in [7, 11) is 1.86. The molecule has 3 aromatic rings. The minimum atomic E-state index is 0. The number of pyridine rings is 1. The van der Waals surface area contributed by atoms with Crippen LogP contribution in [0.2, 0.25) is 0 Å². The number of aliphatic imine (C=N–C) groups is 1. The molecular weight excluding hydrogens is 449 g/mol. The molecular formula is C21H26IN5. The second kappa shape index (κ2) is 9.21. The average Bonchev–Trinajstić information content (AvgIpc) is 3.33. The standard InChI is InChI=1S/C21H25N5.HI/c1-22-21(26-14-11-18(15-26)17-7-3-2-4-8-17)23-12-10-19-16-25-13-6-5-9-20(25)24-19;/h2-9,13,16,18H,10-12,14-15H2,1H3,(H,22,23);1H. The summed E-state index contributed by atoms with van der Waals surface area (Å²) in [5.41, 5.74) is 3.52. The van der Waals surface area contributed by atoms with Crippen molar-refractivity contribution in [2.45, 2.75) is 18.8 Å². The number of likely N-dealkylation sites (tertiary alicyclic amines) is 1. The van der Waals surface area contributed by atoms with Crippen LogP contribution in [0.1, 0.15) is 23.6 Å². The predicted molar refractivity (Wildman–Crippen MR) is 121 cm³/mol. The van der Waals surface area contributed by atoms with E-state index in [9.17, 15) is 0 Å². The SMILES string of the molecule is CN=C(NCCc1cn2ccccc2n1)N1CCC(c2ccccc2)C1.I. The van der Waals surface area contributed by atoms with Crippen LogP contribution in [-0.2, 0) is 6.42 Å². The Balaban J connectivity index is 0.00000210. The molecule has 1 aliphatic rings. The summed E-state index contributed by atoms with van der Waals surface area (Å²) in [6.07, 6.45) is 6.20. The maximum absolute atomic E-state index is 4.65. The lowest BCUT2D eigenvalue weighted by Crippen LogP contribution is -2.40. The van der Waals surface area contributed by atoms with Crippen LogP contribution in [0.4, 0.5) is 0 Å². The van der Waals surface area contributed by atoms with E-state index in [1.165, 1.54) is 12.0 Å². The zero-order valence-corrected chi connectivity index (χ0v) is 17.9. The first-order valence-corrected chi connectivity index (χ1v) is 9.26. The highest BCUT2D eigenvalue weighted by molar-refractivity contribution is 14.0. The van der Waals surface area contributed by atoms with Crippen LogP contribution in [0.3, 0.4) is 0 Å². The van der Waals surface area contributed by atoms with E-state index in [0.29, 0.717) is 5.92 Å². The van der Waals surface area contributed by atoms with Crippen LogP contribution in [0, 0.1) is 0 Å². The van der Waals surface area contributed by atoms with Crippen molar-refractivity contribution in [2.75, 3.05) is 26.7 Å². The van der Waals surface area contributed by atoms with Crippen molar-refractivity contribution in [1.29, 1.82) is 0 Å². The number of nitrogens with one attached hydrogen (secondary N) is 1. The summed E-state index contributed by atoms with van der Waals surface area (Å²) in [6.45, 7) is 2.91. The summed E-state index contributed by atoms with van der Waals surface area (Å²) in [4.78, 5) is 11.5. The Hall–Kier alpha value is -2.09. The van der Waals surface area contributed by atoms with Crippen molar-refractivity contribution in [3.63, 3.8) is 0 Å². The summed E-state index contributed by atoms with van der Waals surface area (Å²) >= 11 is 0. The molecule has 3 heterocycles. The first kappa shape index (κ1) is 19.7. The molecule has 0 bridgehead atoms. The Morgan fingerprint density at radius 2 is 2.00 bits per heavy atom. The molecule has 0 aliphatic carbocycles. The third-order valence-corrected chi connectivity index (χ3v) is 5.05. The van der Waals surface area contributed by atoms with Gasteiger partial charge in [0.2, 0.25) is 0 Å². The zero-order valence-electron chi connectivity index (χ0n) is 15.6. The Labute approximate surface area is 177 Å². The molecule has 4 rings (SSSR count). The van der Waals surface area contributed by atoms with Gasteiger partial charge in [0.1, 0.15) is 5.65 Å². The maximum Gasteiger partial charge on any atom is 0.193 e. The number of hydrogen-bond acceptors (Lipinski definition) is 2. The lowest BCUT2D eigenvalue weighted by Gasteiger charge is -2.21. The van der Waals surface area contributed by atoms with Gasteiger partial charge in [-0.25, -0.2) is 4.98 Å². The third-order valence-electron chi connectivity index (χ3n) is 5.05. The Morgan fingerprint density at radius 3 is 2.78 bits per heavy atom. The highest BCUT2D eigenvalue weighted by Crippen LogP contribution is 2.26. The van der Waals surface area contributed by atoms with Gasteiger partial charge in [0, 0.05) is 51.4 Å². The van der Waals surface area contributed by atoms with Crippen LogP contribution in [0.25, 0.3) is 5.65 Å². The van der Waals surface area contributed by atoms with E-state index in [0.717, 1.165) is 43.4 Å². The van der Waals surface area contributed by atoms with E-state index < -0.39 is 0 Å². The van der Waals surface area contributed by atoms with Crippen LogP contribution in [0.15, 0.2) is 65.9 Å². The van der Waals surface area contributed by atoms with E-state index in [4.69, 9.17) is 0 Å². The summed E-state index contributed by atoms with van der Waals surface area (Å²) in [5, 5.41) is 3.50. The molecule has 27 heavy (non-hydrogen) atoms. The fraction of sp³-hybridized carbons (Fsp3) is 0.333. The van der Waals surface area contributed by atoms with Gasteiger partial charge >= 0.3 is 0 Å². The Morgan fingerprint density at radius 1 is 1.19 bits per heavy atom. The Bertz CT molecular complexity index is 857. The predicted octanol–water partition coefficient (Wildman–Crippen LogP) is 3.56. The highest BCUT2D eigenvalue weighted by Gasteiger charge is 2.25. The normalized spacial score (nSPS) is 17.1. The smallest absolute Gasteiger partial charge is 0.193 e. The van der Waals surface area contributed by atoms with E-state index >= 15 is 0 Å². The first-order valence-electron chi connectivity index (χ1n) is 9.26. The molecule has 1 aliphatic heterocycles. The summed E-state index contributed by atoms with van der Waals surface area (Å²) in [6, 6.07) is 16.9. The molecule has 1 atom stereocenters. The highest BCUT2D eigenvalue weighted by atomic mass is 127. The third kappa shape index (κ3) is 4.61. The molecule has 6 heteroatoms. The molecule has 1 unspecified atom stereocenters. The first-order chi connectivity index (χ1) is 12.8. The van der Waals surface area contributed by atoms with Gasteiger partial charge in [0.15, 0.2) is 5.96 Å². The molecule has 142 valence electrons. The molecule has 0 amide bonds. The van der Waals surface area contributed by atoms with Crippen molar-refractivity contribution in [1.82, 2.24) is 19.6 Å². The second-order valence-corrected chi connectivity index (χ2v) is 6.76. The van der Waals surface area contributed by atoms with E-state index in [2.05, 4.69) is 61.1 Å². The van der Waals surface area contributed by atoms with Crippen molar-refractivity contribution < 1.29 is 0 Å². The van der Waals surface area contributed by atoms with Crippen LogP contribution in [-0.4, -0.2) is 46.9 Å². The summed E-state index contributed by atoms with van der Waals surface area (Å²) in [5.74, 6) is 1.58. The van der Waals surface area contributed by atoms with Gasteiger partial charge in [-0.05, 0) is 24.1 Å². The number of halogens is 1. The molecule has 1 fully saturated rings. The van der Waals surface area contributed by atoms with Crippen molar-refractivity contribution >= 4 is 35.6 Å². The fourth-order valence-electron chi connectivity index (χ4n) is 3.69. The van der Waals surface area contributed by atoms with E-state index in [-0.39, 0.29) is 24.0 Å². The van der Waals surface area contributed by atoms with Gasteiger partial charge in [-0.2, -0.15) is 0 Å². The molecule has 0 radical (unpaired) electrons. The van der Waals surface area contributed by atoms with Crippen LogP contribution >= 0.6 is 24.0 Å². The number of benzene rings is 1. The van der Waals surface area contributed by atoms with Crippen LogP contribution < -0.4 is 5.32 Å². The van der Waals surface area contributed by atoms with Gasteiger partial charge in [0.25, 0.3) is 0 Å². The van der Waals surface area contributed by atoms with Gasteiger partial charge in [-0.3, -0.25) is 4.99 Å². The van der Waals surface area contributed by atoms with Gasteiger partial charge in [-0.1, -0.05) is 36.4 Å². The maximum atomic E-state index is 4.65. The number of imidazole rings is 1. The molecule has 2 aromatic heterocycles. The number of rotatable bonds is 4. The van der Waals surface area contributed by atoms with Crippen molar-refractivity contribution in [3.8, 4) is 0 Å². The number of fused-ring (bicyclic) bond motifs is 1. The lowest BCUT2D eigenvalue weighted by molar-refractivity contribution is 0.486. The zero-order chi connectivity index (χ0) is 17.8. The van der Waals surface area contributed by atoms with Crippen LogP contribution in [0.5, 0.6) is 0 Å². The number of guanidine groups is 1. The van der Waals surface area contributed by atoms with Crippen molar-refractivity contribution in [3.05, 3.63) is 72.2 Å². The fourth-order valence-corrected chi connectivity index (χ4v) is 3.69. The van der Waals surface area contributed by atoms with Crippen molar-refractivity contribution in [2.24, 2.45) is 4.99 Å². The number of aromatic nitrogens is 2.